The van der Waals surface area contributed by atoms with Crippen LogP contribution in [-0.2, 0) is 11.3 Å². The summed E-state index contributed by atoms with van der Waals surface area (Å²) in [5.74, 6) is -0.172. The molecule has 0 fully saturated rings. The molecule has 5 aromatic rings. The molecule has 6 nitrogen and oxygen atoms in total. The Kier molecular flexibility index (Phi) is 4.37. The molecule has 0 radical (unpaired) electrons. The first-order valence-electron chi connectivity index (χ1n) is 9.12. The minimum absolute atomic E-state index is 0.0835. The van der Waals surface area contributed by atoms with Gasteiger partial charge in [-0.3, -0.25) is 4.79 Å². The van der Waals surface area contributed by atoms with Crippen molar-refractivity contribution >= 4 is 55.0 Å². The van der Waals surface area contributed by atoms with Crippen LogP contribution in [0.3, 0.4) is 0 Å². The summed E-state index contributed by atoms with van der Waals surface area (Å²) in [5, 5.41) is 11.1. The number of carbonyl (C=O) groups excluding carboxylic acids is 1. The van der Waals surface area contributed by atoms with Crippen LogP contribution >= 0.6 is 22.7 Å². The van der Waals surface area contributed by atoms with E-state index in [0.717, 1.165) is 37.3 Å². The lowest BCUT2D eigenvalue weighted by molar-refractivity contribution is -0.116. The van der Waals surface area contributed by atoms with Gasteiger partial charge in [-0.2, -0.15) is 5.10 Å². The van der Waals surface area contributed by atoms with E-state index in [4.69, 9.17) is 0 Å². The maximum atomic E-state index is 12.7. The number of thiophene rings is 1. The summed E-state index contributed by atoms with van der Waals surface area (Å²) in [4.78, 5) is 22.9. The number of fused-ring (bicyclic) bond motifs is 2. The van der Waals surface area contributed by atoms with Gasteiger partial charge in [-0.1, -0.05) is 29.5 Å². The topological polar surface area (TPSA) is 72.7 Å². The molecule has 8 heteroatoms. The highest BCUT2D eigenvalue weighted by molar-refractivity contribution is 7.22. The Morgan fingerprint density at radius 3 is 2.86 bits per heavy atom. The van der Waals surface area contributed by atoms with Gasteiger partial charge in [0.15, 0.2) is 10.8 Å². The molecule has 0 unspecified atom stereocenters. The van der Waals surface area contributed by atoms with Crippen LogP contribution in [0.4, 0.5) is 5.13 Å². The lowest BCUT2D eigenvalue weighted by atomic mass is 10.1. The number of carbonyl (C=O) groups is 1. The molecule has 0 aliphatic rings. The van der Waals surface area contributed by atoms with Gasteiger partial charge in [-0.15, -0.1) is 11.3 Å². The van der Waals surface area contributed by atoms with E-state index in [0.29, 0.717) is 10.8 Å². The van der Waals surface area contributed by atoms with Crippen molar-refractivity contribution in [3.05, 3.63) is 59.2 Å². The molecule has 4 aromatic heterocycles. The van der Waals surface area contributed by atoms with Crippen LogP contribution in [0.25, 0.3) is 31.7 Å². The van der Waals surface area contributed by atoms with Crippen LogP contribution in [0.15, 0.2) is 48.0 Å². The lowest BCUT2D eigenvalue weighted by Crippen LogP contribution is -2.19. The molecule has 5 rings (SSSR count). The lowest BCUT2D eigenvalue weighted by Gasteiger charge is -2.04. The summed E-state index contributed by atoms with van der Waals surface area (Å²) >= 11 is 3.15. The van der Waals surface area contributed by atoms with Crippen molar-refractivity contribution in [1.82, 2.24) is 19.7 Å². The number of pyridine rings is 1. The monoisotopic (exact) mass is 419 g/mol. The number of amides is 1. The van der Waals surface area contributed by atoms with Crippen molar-refractivity contribution in [3.8, 4) is 10.4 Å². The largest absolute Gasteiger partial charge is 0.300 e. The minimum atomic E-state index is -0.172. The predicted octanol–water partition coefficient (Wildman–Crippen LogP) is 5.03. The molecule has 0 bridgehead atoms. The molecule has 0 aliphatic heterocycles. The quantitative estimate of drug-likeness (QED) is 0.444. The number of benzene rings is 1. The van der Waals surface area contributed by atoms with Crippen LogP contribution in [0.1, 0.15) is 11.3 Å². The maximum absolute atomic E-state index is 12.7. The number of hydrogen-bond donors (Lipinski definition) is 1. The summed E-state index contributed by atoms with van der Waals surface area (Å²) in [5.41, 5.74) is 4.69. The van der Waals surface area contributed by atoms with E-state index in [1.807, 2.05) is 44.2 Å². The third kappa shape index (κ3) is 3.20. The van der Waals surface area contributed by atoms with Crippen LogP contribution in [-0.4, -0.2) is 25.7 Å². The Morgan fingerprint density at radius 2 is 2.07 bits per heavy atom. The van der Waals surface area contributed by atoms with Crippen molar-refractivity contribution in [2.24, 2.45) is 0 Å². The average Bonchev–Trinajstić information content (AvgIpc) is 3.42. The number of rotatable bonds is 4. The molecule has 4 heterocycles. The smallest absolute Gasteiger partial charge is 0.247 e. The standard InChI is InChI=1S/C21H17N5OS2/c1-12-5-3-6-16-19(12)24-21(29-16)23-17(27)11-26-20-18(13(2)25-26)14(8-9-22-20)15-7-4-10-28-15/h3-10H,11H2,1-2H3,(H,23,24,27). The van der Waals surface area contributed by atoms with Crippen molar-refractivity contribution in [1.29, 1.82) is 0 Å². The zero-order chi connectivity index (χ0) is 20.0. The van der Waals surface area contributed by atoms with E-state index in [1.165, 1.54) is 11.3 Å². The van der Waals surface area contributed by atoms with Gasteiger partial charge in [0.25, 0.3) is 0 Å². The molecule has 0 saturated heterocycles. The highest BCUT2D eigenvalue weighted by atomic mass is 32.1. The van der Waals surface area contributed by atoms with E-state index in [9.17, 15) is 4.79 Å². The van der Waals surface area contributed by atoms with Gasteiger partial charge in [-0.25, -0.2) is 14.6 Å². The number of aromatic nitrogens is 4. The second kappa shape index (κ2) is 7.06. The van der Waals surface area contributed by atoms with E-state index >= 15 is 0 Å². The first-order chi connectivity index (χ1) is 14.1. The molecule has 0 spiro atoms. The summed E-state index contributed by atoms with van der Waals surface area (Å²) in [7, 11) is 0. The number of thiazole rings is 1. The molecular weight excluding hydrogens is 402 g/mol. The SMILES string of the molecule is Cc1cccc2sc(NC(=O)Cn3nc(C)c4c(-c5cccs5)ccnc43)nc12. The van der Waals surface area contributed by atoms with Crippen LogP contribution in [0.2, 0.25) is 0 Å². The van der Waals surface area contributed by atoms with Gasteiger partial charge in [0.1, 0.15) is 6.54 Å². The molecule has 0 aliphatic carbocycles. The number of para-hydroxylation sites is 1. The summed E-state index contributed by atoms with van der Waals surface area (Å²) in [6.45, 7) is 4.05. The molecule has 1 N–H and O–H groups in total. The number of nitrogens with one attached hydrogen (secondary N) is 1. The number of aryl methyl sites for hydroxylation is 2. The minimum Gasteiger partial charge on any atom is -0.300 e. The molecule has 0 atom stereocenters. The predicted molar refractivity (Wildman–Crippen MR) is 119 cm³/mol. The third-order valence-corrected chi connectivity index (χ3v) is 6.59. The second-order valence-electron chi connectivity index (χ2n) is 6.77. The van der Waals surface area contributed by atoms with Gasteiger partial charge < -0.3 is 5.32 Å². The van der Waals surface area contributed by atoms with Crippen molar-refractivity contribution < 1.29 is 4.79 Å². The Labute approximate surface area is 174 Å². The molecule has 144 valence electrons. The first kappa shape index (κ1) is 18.0. The van der Waals surface area contributed by atoms with Gasteiger partial charge in [0.05, 0.1) is 21.3 Å². The zero-order valence-corrected chi connectivity index (χ0v) is 17.5. The van der Waals surface area contributed by atoms with Gasteiger partial charge in [-0.05, 0) is 43.0 Å². The van der Waals surface area contributed by atoms with E-state index in [2.05, 4.69) is 31.8 Å². The fraction of sp³-hybridized carbons (Fsp3) is 0.143. The van der Waals surface area contributed by atoms with Crippen LogP contribution < -0.4 is 5.32 Å². The fourth-order valence-corrected chi connectivity index (χ4v) is 5.18. The van der Waals surface area contributed by atoms with Crippen LogP contribution in [0.5, 0.6) is 0 Å². The normalized spacial score (nSPS) is 11.4. The van der Waals surface area contributed by atoms with Gasteiger partial charge >= 0.3 is 0 Å². The molecule has 1 amide bonds. The van der Waals surface area contributed by atoms with E-state index < -0.39 is 0 Å². The van der Waals surface area contributed by atoms with Crippen LogP contribution in [0, 0.1) is 13.8 Å². The highest BCUT2D eigenvalue weighted by Gasteiger charge is 2.17. The van der Waals surface area contributed by atoms with Crippen molar-refractivity contribution in [2.45, 2.75) is 20.4 Å². The fourth-order valence-electron chi connectivity index (χ4n) is 3.46. The summed E-state index contributed by atoms with van der Waals surface area (Å²) < 4.78 is 2.72. The molecule has 0 saturated carbocycles. The Morgan fingerprint density at radius 1 is 1.17 bits per heavy atom. The van der Waals surface area contributed by atoms with E-state index in [-0.39, 0.29) is 12.5 Å². The molecule has 1 aromatic carbocycles. The van der Waals surface area contributed by atoms with Crippen molar-refractivity contribution in [2.75, 3.05) is 5.32 Å². The Balaban J connectivity index is 1.45. The highest BCUT2D eigenvalue weighted by Crippen LogP contribution is 2.33. The number of nitrogens with zero attached hydrogens (tertiary/aromatic N) is 4. The Bertz CT molecular complexity index is 1350. The van der Waals surface area contributed by atoms with Crippen molar-refractivity contribution in [3.63, 3.8) is 0 Å². The second-order valence-corrected chi connectivity index (χ2v) is 8.74. The summed E-state index contributed by atoms with van der Waals surface area (Å²) in [6.07, 6.45) is 1.77. The molecular formula is C21H17N5OS2. The van der Waals surface area contributed by atoms with Gasteiger partial charge in [0.2, 0.25) is 5.91 Å². The molecule has 29 heavy (non-hydrogen) atoms. The number of hydrogen-bond acceptors (Lipinski definition) is 6. The maximum Gasteiger partial charge on any atom is 0.247 e. The average molecular weight is 420 g/mol. The van der Waals surface area contributed by atoms with Gasteiger partial charge in [0, 0.05) is 16.6 Å². The summed E-state index contributed by atoms with van der Waals surface area (Å²) in [6, 6.07) is 12.1. The first-order valence-corrected chi connectivity index (χ1v) is 10.8. The Hall–Kier alpha value is -3.10. The zero-order valence-electron chi connectivity index (χ0n) is 15.8. The van der Waals surface area contributed by atoms with E-state index in [1.54, 1.807) is 22.2 Å². The number of anilines is 1. The third-order valence-electron chi connectivity index (χ3n) is 4.76.